The average molecular weight is 665 g/mol. The zero-order valence-corrected chi connectivity index (χ0v) is 26.0. The number of alkyl halides is 6. The van der Waals surface area contributed by atoms with Crippen LogP contribution in [0, 0.1) is 0 Å². The third-order valence-corrected chi connectivity index (χ3v) is 6.09. The molecule has 1 aromatic heterocycles. The minimum Gasteiger partial charge on any atom is -0.444 e. The quantitative estimate of drug-likeness (QED) is 0.313. The molecule has 1 saturated heterocycles. The topological polar surface area (TPSA) is 86.1 Å². The summed E-state index contributed by atoms with van der Waals surface area (Å²) in [5.41, 5.74) is 1.70. The minimum absolute atomic E-state index is 0.0204. The Hall–Kier alpha value is -1.17. The number of carbonyl (C=O) groups excluding carboxylic acids is 2. The highest BCUT2D eigenvalue weighted by molar-refractivity contribution is 6.68. The number of nitrogens with zero attached hydrogens (tertiary/aromatic N) is 4. The average Bonchev–Trinajstić information content (AvgIpc) is 3.27. The van der Waals surface area contributed by atoms with Crippen molar-refractivity contribution in [2.75, 3.05) is 44.4 Å². The summed E-state index contributed by atoms with van der Waals surface area (Å²) >= 11 is 34.5. The van der Waals surface area contributed by atoms with E-state index in [9.17, 15) is 9.59 Å². The van der Waals surface area contributed by atoms with Crippen LogP contribution in [0.25, 0.3) is 5.69 Å². The van der Waals surface area contributed by atoms with Crippen LogP contribution in [-0.2, 0) is 26.2 Å². The number of morpholine rings is 1. The Labute approximate surface area is 257 Å². The normalized spacial score (nSPS) is 15.2. The molecule has 2 aromatic rings. The van der Waals surface area contributed by atoms with Crippen LogP contribution in [0.4, 0.5) is 15.4 Å². The summed E-state index contributed by atoms with van der Waals surface area (Å²) in [6.45, 7) is 8.16. The van der Waals surface area contributed by atoms with Gasteiger partial charge < -0.3 is 14.2 Å². The van der Waals surface area contributed by atoms with Crippen molar-refractivity contribution in [3.8, 4) is 5.69 Å². The van der Waals surface area contributed by atoms with E-state index in [2.05, 4.69) is 4.90 Å². The van der Waals surface area contributed by atoms with Gasteiger partial charge in [0.05, 0.1) is 24.6 Å². The molecule has 15 heteroatoms. The van der Waals surface area contributed by atoms with E-state index in [-0.39, 0.29) is 5.82 Å². The van der Waals surface area contributed by atoms with Crippen LogP contribution >= 0.6 is 69.6 Å². The molecular weight excluding hydrogens is 637 g/mol. The van der Waals surface area contributed by atoms with Crippen LogP contribution in [0.1, 0.15) is 32.0 Å². The SMILES string of the molecule is CC(C)(C)c1cc(N(C(=O)OCC(Cl)(Cl)Cl)C(=O)OCC(Cl)(Cl)Cl)n(-c2cccc(CN3CCOCC3)c2)n1. The number of halogens is 6. The van der Waals surface area contributed by atoms with Gasteiger partial charge in [-0.3, -0.25) is 4.90 Å². The Balaban J connectivity index is 2.05. The maximum atomic E-state index is 13.2. The molecule has 9 nitrogen and oxygen atoms in total. The van der Waals surface area contributed by atoms with E-state index in [0.717, 1.165) is 18.7 Å². The van der Waals surface area contributed by atoms with Crippen LogP contribution < -0.4 is 4.90 Å². The Bertz CT molecular complexity index is 1120. The zero-order chi connectivity index (χ0) is 29.0. The van der Waals surface area contributed by atoms with E-state index in [1.54, 1.807) is 12.1 Å². The van der Waals surface area contributed by atoms with Crippen molar-refractivity contribution in [2.24, 2.45) is 0 Å². The van der Waals surface area contributed by atoms with E-state index in [0.29, 0.717) is 36.0 Å². The first-order chi connectivity index (χ1) is 18.0. The van der Waals surface area contributed by atoms with Crippen LogP contribution in [0.3, 0.4) is 0 Å². The molecular formula is C24H28Cl6N4O5. The van der Waals surface area contributed by atoms with Gasteiger partial charge in [0.1, 0.15) is 13.2 Å². The minimum atomic E-state index is -1.92. The van der Waals surface area contributed by atoms with Gasteiger partial charge in [0.2, 0.25) is 7.59 Å². The lowest BCUT2D eigenvalue weighted by molar-refractivity contribution is 0.0342. The van der Waals surface area contributed by atoms with E-state index in [1.807, 2.05) is 39.0 Å². The largest absolute Gasteiger partial charge is 0.444 e. The van der Waals surface area contributed by atoms with Gasteiger partial charge in [-0.15, -0.1) is 0 Å². The molecule has 216 valence electrons. The number of hydrogen-bond donors (Lipinski definition) is 0. The Morgan fingerprint density at radius 1 is 0.949 bits per heavy atom. The number of aromatic nitrogens is 2. The molecule has 2 heterocycles. The van der Waals surface area contributed by atoms with Gasteiger partial charge in [0.15, 0.2) is 5.82 Å². The molecule has 0 radical (unpaired) electrons. The Morgan fingerprint density at radius 3 is 2.03 bits per heavy atom. The standard InChI is InChI=1S/C24H28Cl6N4O5/c1-22(2,3)18-12-19(33(20(35)38-14-23(25,26)27)21(36)39-15-24(28,29)30)34(31-18)17-6-4-5-16(11-17)13-32-7-9-37-10-8-32/h4-6,11-12H,7-10,13-15H2,1-3H3. The fourth-order valence-corrected chi connectivity index (χ4v) is 3.90. The molecule has 1 aromatic carbocycles. The lowest BCUT2D eigenvalue weighted by Crippen LogP contribution is -2.41. The Kier molecular flexibility index (Phi) is 11.0. The lowest BCUT2D eigenvalue weighted by Gasteiger charge is -2.26. The first-order valence-electron chi connectivity index (χ1n) is 11.8. The number of carbonyl (C=O) groups is 2. The van der Waals surface area contributed by atoms with Gasteiger partial charge in [0.25, 0.3) is 0 Å². The van der Waals surface area contributed by atoms with Crippen molar-refractivity contribution in [3.63, 3.8) is 0 Å². The molecule has 0 saturated carbocycles. The second-order valence-corrected chi connectivity index (χ2v) is 14.8. The molecule has 39 heavy (non-hydrogen) atoms. The molecule has 0 N–H and O–H groups in total. The molecule has 1 fully saturated rings. The highest BCUT2D eigenvalue weighted by atomic mass is 35.6. The highest BCUT2D eigenvalue weighted by Crippen LogP contribution is 2.32. The molecule has 0 atom stereocenters. The number of benzene rings is 1. The smallest absolute Gasteiger partial charge is 0.425 e. The third kappa shape index (κ3) is 10.0. The summed E-state index contributed by atoms with van der Waals surface area (Å²) in [5, 5.41) is 4.71. The van der Waals surface area contributed by atoms with Crippen LogP contribution in [-0.4, -0.2) is 74.0 Å². The lowest BCUT2D eigenvalue weighted by atomic mass is 9.92. The number of anilines is 1. The van der Waals surface area contributed by atoms with Crippen molar-refractivity contribution in [1.82, 2.24) is 14.7 Å². The predicted octanol–water partition coefficient (Wildman–Crippen LogP) is 6.82. The number of rotatable bonds is 6. The third-order valence-electron chi connectivity index (χ3n) is 5.44. The Morgan fingerprint density at radius 2 is 1.51 bits per heavy atom. The van der Waals surface area contributed by atoms with Crippen LogP contribution in [0.2, 0.25) is 0 Å². The van der Waals surface area contributed by atoms with Crippen molar-refractivity contribution < 1.29 is 23.8 Å². The monoisotopic (exact) mass is 662 g/mol. The van der Waals surface area contributed by atoms with Gasteiger partial charge in [-0.1, -0.05) is 103 Å². The molecule has 2 amide bonds. The van der Waals surface area contributed by atoms with Crippen molar-refractivity contribution >= 4 is 87.6 Å². The fourth-order valence-electron chi connectivity index (χ4n) is 3.57. The molecule has 3 rings (SSSR count). The summed E-state index contributed by atoms with van der Waals surface area (Å²) in [6.07, 6.45) is -2.36. The second-order valence-electron chi connectivity index (χ2n) is 9.78. The van der Waals surface area contributed by atoms with Crippen LogP contribution in [0.15, 0.2) is 30.3 Å². The van der Waals surface area contributed by atoms with E-state index in [1.165, 1.54) is 4.68 Å². The summed E-state index contributed by atoms with van der Waals surface area (Å²) in [5.74, 6) is 0.0204. The molecule has 1 aliphatic heterocycles. The fraction of sp³-hybridized carbons (Fsp3) is 0.542. The van der Waals surface area contributed by atoms with Gasteiger partial charge in [-0.05, 0) is 17.7 Å². The zero-order valence-electron chi connectivity index (χ0n) is 21.4. The first kappa shape index (κ1) is 32.3. The number of amides is 2. The van der Waals surface area contributed by atoms with Gasteiger partial charge in [0, 0.05) is 31.1 Å². The molecule has 0 unspecified atom stereocenters. The molecule has 0 bridgehead atoms. The van der Waals surface area contributed by atoms with Crippen molar-refractivity contribution in [3.05, 3.63) is 41.6 Å². The number of imide groups is 1. The molecule has 0 spiro atoms. The summed E-state index contributed by atoms with van der Waals surface area (Å²) in [7, 11) is 0. The summed E-state index contributed by atoms with van der Waals surface area (Å²) < 4.78 is 13.3. The van der Waals surface area contributed by atoms with Crippen molar-refractivity contribution in [1.29, 1.82) is 0 Å². The van der Waals surface area contributed by atoms with E-state index >= 15 is 0 Å². The van der Waals surface area contributed by atoms with E-state index < -0.39 is 38.4 Å². The maximum Gasteiger partial charge on any atom is 0.425 e. The maximum absolute atomic E-state index is 13.2. The van der Waals surface area contributed by atoms with Gasteiger partial charge in [-0.25, -0.2) is 14.3 Å². The van der Waals surface area contributed by atoms with Gasteiger partial charge in [-0.2, -0.15) is 10.00 Å². The number of ether oxygens (including phenoxy) is 3. The molecule has 0 aliphatic carbocycles. The number of hydrogen-bond acceptors (Lipinski definition) is 7. The second kappa shape index (κ2) is 13.2. The predicted molar refractivity (Wildman–Crippen MR) is 154 cm³/mol. The summed E-state index contributed by atoms with van der Waals surface area (Å²) in [6, 6.07) is 9.12. The summed E-state index contributed by atoms with van der Waals surface area (Å²) in [4.78, 5) is 29.3. The highest BCUT2D eigenvalue weighted by Gasteiger charge is 2.36. The van der Waals surface area contributed by atoms with E-state index in [4.69, 9.17) is 88.9 Å². The van der Waals surface area contributed by atoms with Crippen LogP contribution in [0.5, 0.6) is 0 Å². The van der Waals surface area contributed by atoms with Gasteiger partial charge >= 0.3 is 12.2 Å². The molecule has 1 aliphatic rings. The van der Waals surface area contributed by atoms with Crippen molar-refractivity contribution in [2.45, 2.75) is 40.3 Å². The first-order valence-corrected chi connectivity index (χ1v) is 14.1.